The molecule has 1 N–H and O–H groups in total. The van der Waals surface area contributed by atoms with Crippen molar-refractivity contribution >= 4 is 27.9 Å². The first-order chi connectivity index (χ1) is 11.3. The maximum absolute atomic E-state index is 12.5. The minimum atomic E-state index is -4.41. The summed E-state index contributed by atoms with van der Waals surface area (Å²) in [7, 11) is 0. The van der Waals surface area contributed by atoms with Gasteiger partial charge in [-0.3, -0.25) is 4.79 Å². The second kappa shape index (κ2) is 5.86. The zero-order valence-corrected chi connectivity index (χ0v) is 13.4. The number of nitrogens with zero attached hydrogens (tertiary/aromatic N) is 4. The first-order valence-electron chi connectivity index (χ1n) is 6.96. The highest BCUT2D eigenvalue weighted by Gasteiger charge is 2.30. The van der Waals surface area contributed by atoms with Crippen molar-refractivity contribution in [1.82, 2.24) is 19.8 Å². The van der Waals surface area contributed by atoms with Crippen LogP contribution in [-0.2, 0) is 6.18 Å². The average Bonchev–Trinajstić information content (AvgIpc) is 3.06. The average molecular weight is 355 g/mol. The summed E-state index contributed by atoms with van der Waals surface area (Å²) in [5.74, 6) is 0.211. The lowest BCUT2D eigenvalue weighted by Crippen LogP contribution is -2.13. The zero-order chi connectivity index (χ0) is 17.5. The summed E-state index contributed by atoms with van der Waals surface area (Å²) in [6.45, 7) is 3.86. The number of alkyl halides is 3. The van der Waals surface area contributed by atoms with E-state index in [1.807, 2.05) is 13.8 Å². The summed E-state index contributed by atoms with van der Waals surface area (Å²) in [5, 5.41) is 14.8. The van der Waals surface area contributed by atoms with E-state index in [1.54, 1.807) is 0 Å². The van der Waals surface area contributed by atoms with Crippen molar-refractivity contribution in [2.45, 2.75) is 25.9 Å². The Morgan fingerprint density at radius 3 is 2.46 bits per heavy atom. The molecular formula is C14H12F3N5OS. The predicted octanol–water partition coefficient (Wildman–Crippen LogP) is 3.58. The molecule has 3 aromatic rings. The summed E-state index contributed by atoms with van der Waals surface area (Å²) in [5.41, 5.74) is -0.524. The molecule has 0 aliphatic rings. The molecule has 0 bridgehead atoms. The van der Waals surface area contributed by atoms with Gasteiger partial charge in [-0.15, -0.1) is 15.3 Å². The molecule has 2 aromatic heterocycles. The summed E-state index contributed by atoms with van der Waals surface area (Å²) >= 11 is 1.06. The van der Waals surface area contributed by atoms with E-state index in [0.29, 0.717) is 10.8 Å². The van der Waals surface area contributed by atoms with E-state index < -0.39 is 17.6 Å². The van der Waals surface area contributed by atoms with Gasteiger partial charge in [0.25, 0.3) is 5.91 Å². The molecule has 24 heavy (non-hydrogen) atoms. The maximum atomic E-state index is 12.5. The Balaban J connectivity index is 1.80. The Kier molecular flexibility index (Phi) is 3.99. The SMILES string of the molecule is CC(C)c1nnc2sc(C(=O)Nc3ccc(C(F)(F)F)cc3)nn12. The standard InChI is InChI=1S/C14H12F3N5OS/c1-7(2)10-19-20-13-22(10)21-12(24-13)11(23)18-9-5-3-8(4-6-9)14(15,16)17/h3-7H,1-2H3,(H,18,23). The highest BCUT2D eigenvalue weighted by Crippen LogP contribution is 2.30. The minimum absolute atomic E-state index is 0.0907. The van der Waals surface area contributed by atoms with E-state index in [9.17, 15) is 18.0 Å². The second-order valence-corrected chi connectivity index (χ2v) is 6.30. The normalized spacial score (nSPS) is 12.1. The predicted molar refractivity (Wildman–Crippen MR) is 82.1 cm³/mol. The molecule has 0 unspecified atom stereocenters. The van der Waals surface area contributed by atoms with Crippen LogP contribution < -0.4 is 5.32 Å². The molecule has 3 rings (SSSR count). The Labute approximate surface area is 138 Å². The molecule has 1 amide bonds. The number of halogens is 3. The van der Waals surface area contributed by atoms with E-state index in [0.717, 1.165) is 23.5 Å². The molecule has 0 saturated heterocycles. The van der Waals surface area contributed by atoms with Gasteiger partial charge in [-0.25, -0.2) is 0 Å². The van der Waals surface area contributed by atoms with Crippen LogP contribution in [0.1, 0.15) is 41.0 Å². The summed E-state index contributed by atoms with van der Waals surface area (Å²) in [4.78, 5) is 12.7. The number of carbonyl (C=O) groups is 1. The Morgan fingerprint density at radius 2 is 1.88 bits per heavy atom. The molecule has 0 saturated carbocycles. The van der Waals surface area contributed by atoms with Crippen LogP contribution >= 0.6 is 11.3 Å². The zero-order valence-electron chi connectivity index (χ0n) is 12.6. The third kappa shape index (κ3) is 3.09. The van der Waals surface area contributed by atoms with Crippen molar-refractivity contribution in [1.29, 1.82) is 0 Å². The van der Waals surface area contributed by atoms with Crippen LogP contribution in [0.3, 0.4) is 0 Å². The van der Waals surface area contributed by atoms with Crippen molar-refractivity contribution in [2.75, 3.05) is 5.32 Å². The second-order valence-electron chi connectivity index (χ2n) is 5.34. The van der Waals surface area contributed by atoms with Gasteiger partial charge in [0.2, 0.25) is 9.97 Å². The van der Waals surface area contributed by atoms with E-state index >= 15 is 0 Å². The van der Waals surface area contributed by atoms with Crippen LogP contribution in [0.25, 0.3) is 4.96 Å². The van der Waals surface area contributed by atoms with E-state index in [1.165, 1.54) is 16.6 Å². The van der Waals surface area contributed by atoms with Gasteiger partial charge in [-0.1, -0.05) is 25.2 Å². The first-order valence-corrected chi connectivity index (χ1v) is 7.78. The number of rotatable bonds is 3. The van der Waals surface area contributed by atoms with Crippen LogP contribution in [0.15, 0.2) is 24.3 Å². The molecule has 126 valence electrons. The lowest BCUT2D eigenvalue weighted by atomic mass is 10.2. The molecule has 0 fully saturated rings. The molecule has 2 heterocycles. The van der Waals surface area contributed by atoms with Crippen LogP contribution in [0.5, 0.6) is 0 Å². The number of hydrogen-bond acceptors (Lipinski definition) is 5. The van der Waals surface area contributed by atoms with Crippen LogP contribution in [-0.4, -0.2) is 25.7 Å². The minimum Gasteiger partial charge on any atom is -0.320 e. The Hall–Kier alpha value is -2.49. The van der Waals surface area contributed by atoms with Crippen molar-refractivity contribution in [3.05, 3.63) is 40.7 Å². The van der Waals surface area contributed by atoms with Gasteiger partial charge in [-0.2, -0.15) is 17.7 Å². The molecule has 0 radical (unpaired) electrons. The highest BCUT2D eigenvalue weighted by molar-refractivity contribution is 7.18. The largest absolute Gasteiger partial charge is 0.416 e. The molecular weight excluding hydrogens is 343 g/mol. The third-order valence-electron chi connectivity index (χ3n) is 3.20. The van der Waals surface area contributed by atoms with Crippen LogP contribution in [0.2, 0.25) is 0 Å². The van der Waals surface area contributed by atoms with Crippen LogP contribution in [0, 0.1) is 0 Å². The number of aromatic nitrogens is 4. The Bertz CT molecular complexity index is 882. The molecule has 0 atom stereocenters. The fraction of sp³-hybridized carbons (Fsp3) is 0.286. The van der Waals surface area contributed by atoms with Crippen molar-refractivity contribution in [2.24, 2.45) is 0 Å². The fourth-order valence-corrected chi connectivity index (χ4v) is 2.75. The van der Waals surface area contributed by atoms with Crippen molar-refractivity contribution in [3.8, 4) is 0 Å². The van der Waals surface area contributed by atoms with Crippen LogP contribution in [0.4, 0.5) is 18.9 Å². The first kappa shape index (κ1) is 16.4. The molecule has 0 aliphatic carbocycles. The monoisotopic (exact) mass is 355 g/mol. The summed E-state index contributed by atoms with van der Waals surface area (Å²) in [6, 6.07) is 4.21. The van der Waals surface area contributed by atoms with Crippen molar-refractivity contribution < 1.29 is 18.0 Å². The number of fused-ring (bicyclic) bond motifs is 1. The number of nitrogens with one attached hydrogen (secondary N) is 1. The van der Waals surface area contributed by atoms with Gasteiger partial charge in [-0.05, 0) is 24.3 Å². The number of benzene rings is 1. The molecule has 10 heteroatoms. The smallest absolute Gasteiger partial charge is 0.320 e. The Morgan fingerprint density at radius 1 is 1.21 bits per heavy atom. The molecule has 6 nitrogen and oxygen atoms in total. The highest BCUT2D eigenvalue weighted by atomic mass is 32.1. The van der Waals surface area contributed by atoms with Gasteiger partial charge in [0.1, 0.15) is 0 Å². The van der Waals surface area contributed by atoms with Gasteiger partial charge < -0.3 is 5.32 Å². The molecule has 0 aliphatic heterocycles. The van der Waals surface area contributed by atoms with Gasteiger partial charge in [0.05, 0.1) is 5.56 Å². The van der Waals surface area contributed by atoms with Gasteiger partial charge in [0.15, 0.2) is 5.82 Å². The van der Waals surface area contributed by atoms with Crippen molar-refractivity contribution in [3.63, 3.8) is 0 Å². The topological polar surface area (TPSA) is 72.2 Å². The number of anilines is 1. The van der Waals surface area contributed by atoms with E-state index in [-0.39, 0.29) is 16.6 Å². The molecule has 1 aromatic carbocycles. The number of hydrogen-bond donors (Lipinski definition) is 1. The molecule has 0 spiro atoms. The quantitative estimate of drug-likeness (QED) is 0.779. The van der Waals surface area contributed by atoms with Gasteiger partial charge in [0, 0.05) is 11.6 Å². The third-order valence-corrected chi connectivity index (χ3v) is 4.09. The number of carbonyl (C=O) groups excluding carboxylic acids is 1. The van der Waals surface area contributed by atoms with Gasteiger partial charge >= 0.3 is 6.18 Å². The summed E-state index contributed by atoms with van der Waals surface area (Å²) in [6.07, 6.45) is -4.41. The van der Waals surface area contributed by atoms with E-state index in [4.69, 9.17) is 0 Å². The fourth-order valence-electron chi connectivity index (χ4n) is 2.01. The lowest BCUT2D eigenvalue weighted by molar-refractivity contribution is -0.137. The number of amides is 1. The maximum Gasteiger partial charge on any atom is 0.416 e. The summed E-state index contributed by atoms with van der Waals surface area (Å²) < 4.78 is 39.1. The lowest BCUT2D eigenvalue weighted by Gasteiger charge is -2.07. The van der Waals surface area contributed by atoms with E-state index in [2.05, 4.69) is 20.6 Å².